The van der Waals surface area contributed by atoms with Crippen molar-refractivity contribution in [2.75, 3.05) is 39.9 Å². The molecular formula is C17H29Cl2FN2O. The van der Waals surface area contributed by atoms with Gasteiger partial charge in [-0.1, -0.05) is 12.1 Å². The number of ether oxygens (including phenoxy) is 1. The first-order valence-electron chi connectivity index (χ1n) is 8.00. The Balaban J connectivity index is 0.00000242. The van der Waals surface area contributed by atoms with Crippen molar-refractivity contribution in [1.82, 2.24) is 10.2 Å². The highest BCUT2D eigenvalue weighted by atomic mass is 35.5. The molecule has 0 spiro atoms. The fourth-order valence-electron chi connectivity index (χ4n) is 2.78. The van der Waals surface area contributed by atoms with Crippen molar-refractivity contribution in [3.63, 3.8) is 0 Å². The molecule has 0 amide bonds. The Morgan fingerprint density at radius 1 is 1.13 bits per heavy atom. The van der Waals surface area contributed by atoms with Gasteiger partial charge in [0, 0.05) is 19.2 Å². The van der Waals surface area contributed by atoms with Crippen LogP contribution in [0.5, 0.6) is 0 Å². The number of halogens is 3. The van der Waals surface area contributed by atoms with Gasteiger partial charge in [-0.3, -0.25) is 0 Å². The molecule has 0 aliphatic carbocycles. The minimum atomic E-state index is -0.179. The van der Waals surface area contributed by atoms with E-state index in [1.165, 1.54) is 38.1 Å². The van der Waals surface area contributed by atoms with Gasteiger partial charge in [-0.25, -0.2) is 4.39 Å². The van der Waals surface area contributed by atoms with Crippen LogP contribution in [-0.4, -0.2) is 50.8 Å². The van der Waals surface area contributed by atoms with E-state index in [9.17, 15) is 4.39 Å². The number of hydrogen-bond acceptors (Lipinski definition) is 3. The number of nitrogens with zero attached hydrogens (tertiary/aromatic N) is 1. The zero-order valence-electron chi connectivity index (χ0n) is 13.8. The normalized spacial score (nSPS) is 15.7. The average molecular weight is 367 g/mol. The zero-order chi connectivity index (χ0) is 14.9. The fourth-order valence-corrected chi connectivity index (χ4v) is 2.78. The van der Waals surface area contributed by atoms with Gasteiger partial charge < -0.3 is 15.0 Å². The van der Waals surface area contributed by atoms with E-state index in [4.69, 9.17) is 4.74 Å². The predicted molar refractivity (Wildman–Crippen MR) is 98.6 cm³/mol. The van der Waals surface area contributed by atoms with E-state index >= 15 is 0 Å². The van der Waals surface area contributed by atoms with Gasteiger partial charge in [-0.2, -0.15) is 0 Å². The van der Waals surface area contributed by atoms with Crippen molar-refractivity contribution in [3.8, 4) is 0 Å². The molecule has 0 aromatic heterocycles. The van der Waals surface area contributed by atoms with Crippen molar-refractivity contribution in [3.05, 3.63) is 35.6 Å². The number of nitrogens with one attached hydrogen (secondary N) is 1. The van der Waals surface area contributed by atoms with Gasteiger partial charge >= 0.3 is 0 Å². The minimum Gasteiger partial charge on any atom is -0.381 e. The highest BCUT2D eigenvalue weighted by molar-refractivity contribution is 5.85. The van der Waals surface area contributed by atoms with E-state index in [-0.39, 0.29) is 30.6 Å². The largest absolute Gasteiger partial charge is 0.381 e. The lowest BCUT2D eigenvalue weighted by molar-refractivity contribution is 0.116. The van der Waals surface area contributed by atoms with Crippen molar-refractivity contribution in [1.29, 1.82) is 0 Å². The summed E-state index contributed by atoms with van der Waals surface area (Å²) in [5.41, 5.74) is 1.13. The first kappa shape index (κ1) is 22.6. The monoisotopic (exact) mass is 366 g/mol. The quantitative estimate of drug-likeness (QED) is 0.714. The molecule has 1 heterocycles. The van der Waals surface area contributed by atoms with Gasteiger partial charge in [-0.15, -0.1) is 24.8 Å². The predicted octanol–water partition coefficient (Wildman–Crippen LogP) is 3.30. The summed E-state index contributed by atoms with van der Waals surface area (Å²) >= 11 is 0. The van der Waals surface area contributed by atoms with E-state index in [0.717, 1.165) is 31.6 Å². The lowest BCUT2D eigenvalue weighted by atomic mass is 10.1. The van der Waals surface area contributed by atoms with Crippen LogP contribution in [0.4, 0.5) is 4.39 Å². The first-order valence-corrected chi connectivity index (χ1v) is 8.00. The van der Waals surface area contributed by atoms with E-state index in [0.29, 0.717) is 12.6 Å². The minimum absolute atomic E-state index is 0. The highest BCUT2D eigenvalue weighted by Crippen LogP contribution is 2.10. The number of likely N-dealkylation sites (tertiary alicyclic amines) is 1. The fraction of sp³-hybridized carbons (Fsp3) is 0.647. The van der Waals surface area contributed by atoms with Crippen LogP contribution in [0.1, 0.15) is 24.8 Å². The van der Waals surface area contributed by atoms with Crippen LogP contribution in [-0.2, 0) is 11.2 Å². The molecule has 1 aromatic carbocycles. The number of piperidine rings is 1. The summed E-state index contributed by atoms with van der Waals surface area (Å²) < 4.78 is 18.4. The molecule has 1 aromatic rings. The van der Waals surface area contributed by atoms with Crippen LogP contribution >= 0.6 is 24.8 Å². The lowest BCUT2D eigenvalue weighted by Gasteiger charge is -2.31. The topological polar surface area (TPSA) is 24.5 Å². The molecule has 1 saturated heterocycles. The lowest BCUT2D eigenvalue weighted by Crippen LogP contribution is -2.41. The molecule has 1 aliphatic rings. The highest BCUT2D eigenvalue weighted by Gasteiger charge is 2.16. The van der Waals surface area contributed by atoms with Gasteiger partial charge in [0.2, 0.25) is 0 Å². The van der Waals surface area contributed by atoms with Crippen LogP contribution in [0.25, 0.3) is 0 Å². The number of benzene rings is 1. The van der Waals surface area contributed by atoms with E-state index in [1.807, 2.05) is 12.1 Å². The Morgan fingerprint density at radius 3 is 2.39 bits per heavy atom. The summed E-state index contributed by atoms with van der Waals surface area (Å²) in [6.07, 6.45) is 4.45. The van der Waals surface area contributed by atoms with Gasteiger partial charge in [-0.05, 0) is 63.5 Å². The van der Waals surface area contributed by atoms with E-state index in [1.54, 1.807) is 0 Å². The third kappa shape index (κ3) is 8.87. The summed E-state index contributed by atoms with van der Waals surface area (Å²) in [5, 5.41) is 3.35. The maximum atomic E-state index is 12.8. The molecule has 0 saturated carbocycles. The van der Waals surface area contributed by atoms with Crippen LogP contribution in [0, 0.1) is 5.82 Å². The van der Waals surface area contributed by atoms with Crippen LogP contribution < -0.4 is 5.32 Å². The van der Waals surface area contributed by atoms with Gasteiger partial charge in [0.25, 0.3) is 0 Å². The molecular weight excluding hydrogens is 338 g/mol. The Hall–Kier alpha value is -0.390. The van der Waals surface area contributed by atoms with Crippen molar-refractivity contribution >= 4 is 24.8 Å². The molecule has 6 heteroatoms. The van der Waals surface area contributed by atoms with Crippen molar-refractivity contribution in [2.45, 2.75) is 31.7 Å². The average Bonchev–Trinajstić information content (AvgIpc) is 2.53. The van der Waals surface area contributed by atoms with Crippen molar-refractivity contribution in [2.24, 2.45) is 0 Å². The summed E-state index contributed by atoms with van der Waals surface area (Å²) in [7, 11) is 2.05. The Morgan fingerprint density at radius 2 is 1.78 bits per heavy atom. The van der Waals surface area contributed by atoms with Crippen LogP contribution in [0.15, 0.2) is 24.3 Å². The molecule has 1 fully saturated rings. The Kier molecular flexibility index (Phi) is 12.7. The molecule has 134 valence electrons. The van der Waals surface area contributed by atoms with Gasteiger partial charge in [0.05, 0.1) is 6.61 Å². The number of rotatable bonds is 8. The maximum Gasteiger partial charge on any atom is 0.123 e. The second kappa shape index (κ2) is 13.0. The Bertz CT molecular complexity index is 398. The maximum absolute atomic E-state index is 12.8. The van der Waals surface area contributed by atoms with Gasteiger partial charge in [0.15, 0.2) is 0 Å². The van der Waals surface area contributed by atoms with Gasteiger partial charge in [0.1, 0.15) is 5.82 Å². The smallest absolute Gasteiger partial charge is 0.123 e. The van der Waals surface area contributed by atoms with Crippen molar-refractivity contribution < 1.29 is 9.13 Å². The molecule has 1 N–H and O–H groups in total. The third-order valence-corrected chi connectivity index (χ3v) is 4.21. The SMILES string of the molecule is CNC1CCN(CCCOCCc2ccc(F)cc2)CC1.Cl.Cl. The molecule has 23 heavy (non-hydrogen) atoms. The summed E-state index contributed by atoms with van der Waals surface area (Å²) in [6, 6.07) is 7.36. The molecule has 2 rings (SSSR count). The second-order valence-electron chi connectivity index (χ2n) is 5.75. The Labute approximate surface area is 151 Å². The summed E-state index contributed by atoms with van der Waals surface area (Å²) in [5.74, 6) is -0.179. The first-order chi connectivity index (χ1) is 10.3. The molecule has 1 aliphatic heterocycles. The number of hydrogen-bond donors (Lipinski definition) is 1. The molecule has 3 nitrogen and oxygen atoms in total. The molecule has 0 bridgehead atoms. The summed E-state index contributed by atoms with van der Waals surface area (Å²) in [6.45, 7) is 5.05. The van der Waals surface area contributed by atoms with E-state index < -0.39 is 0 Å². The van der Waals surface area contributed by atoms with Crippen LogP contribution in [0.3, 0.4) is 0 Å². The third-order valence-electron chi connectivity index (χ3n) is 4.21. The molecule has 0 unspecified atom stereocenters. The standard InChI is InChI=1S/C17H27FN2O.2ClH/c1-19-17-7-11-20(12-8-17)10-2-13-21-14-9-15-3-5-16(18)6-4-15;;/h3-6,17,19H,2,7-14H2,1H3;2*1H. The van der Waals surface area contributed by atoms with Crippen LogP contribution in [0.2, 0.25) is 0 Å². The molecule has 0 radical (unpaired) electrons. The summed E-state index contributed by atoms with van der Waals surface area (Å²) in [4.78, 5) is 2.52. The second-order valence-corrected chi connectivity index (χ2v) is 5.75. The zero-order valence-corrected chi connectivity index (χ0v) is 15.4. The van der Waals surface area contributed by atoms with E-state index in [2.05, 4.69) is 17.3 Å². The molecule has 0 atom stereocenters.